The van der Waals surface area contributed by atoms with Gasteiger partial charge in [-0.25, -0.2) is 9.67 Å². The van der Waals surface area contributed by atoms with Crippen LogP contribution in [-0.2, 0) is 11.8 Å². The van der Waals surface area contributed by atoms with Gasteiger partial charge in [0.05, 0.1) is 6.04 Å². The highest BCUT2D eigenvalue weighted by atomic mass is 15.4. The normalized spacial score (nSPS) is 22.1. The molecule has 0 saturated carbocycles. The van der Waals surface area contributed by atoms with E-state index in [1.165, 1.54) is 18.7 Å². The molecule has 3 heteroatoms. The summed E-state index contributed by atoms with van der Waals surface area (Å²) in [6.45, 7) is 8.72. The molecule has 2 heterocycles. The molecule has 1 unspecified atom stereocenters. The standard InChI is InChI=1S/C11H19N3/c1-8-6-5-7-9-12-10(11(2,3)4)13-14(8)9/h8H,5-7H2,1-4H3. The summed E-state index contributed by atoms with van der Waals surface area (Å²) in [4.78, 5) is 4.62. The van der Waals surface area contributed by atoms with E-state index in [1.807, 2.05) is 0 Å². The first-order chi connectivity index (χ1) is 6.48. The smallest absolute Gasteiger partial charge is 0.156 e. The van der Waals surface area contributed by atoms with Gasteiger partial charge in [-0.2, -0.15) is 5.10 Å². The molecule has 0 aromatic carbocycles. The van der Waals surface area contributed by atoms with Crippen molar-refractivity contribution in [2.75, 3.05) is 0 Å². The maximum Gasteiger partial charge on any atom is 0.156 e. The molecule has 2 rings (SSSR count). The lowest BCUT2D eigenvalue weighted by atomic mass is 9.96. The van der Waals surface area contributed by atoms with E-state index in [9.17, 15) is 0 Å². The summed E-state index contributed by atoms with van der Waals surface area (Å²) >= 11 is 0. The minimum Gasteiger partial charge on any atom is -0.247 e. The molecular formula is C11H19N3. The number of aryl methyl sites for hydroxylation is 1. The lowest BCUT2D eigenvalue weighted by molar-refractivity contribution is 0.384. The predicted octanol–water partition coefficient (Wildman–Crippen LogP) is 2.47. The molecular weight excluding hydrogens is 174 g/mol. The van der Waals surface area contributed by atoms with Crippen LogP contribution in [0.25, 0.3) is 0 Å². The van der Waals surface area contributed by atoms with Crippen LogP contribution in [0.15, 0.2) is 0 Å². The number of aromatic nitrogens is 3. The fourth-order valence-electron chi connectivity index (χ4n) is 1.87. The second-order valence-corrected chi connectivity index (χ2v) is 5.29. The first kappa shape index (κ1) is 9.69. The van der Waals surface area contributed by atoms with E-state index >= 15 is 0 Å². The Morgan fingerprint density at radius 3 is 2.64 bits per heavy atom. The summed E-state index contributed by atoms with van der Waals surface area (Å²) in [6, 6.07) is 0.530. The van der Waals surface area contributed by atoms with Gasteiger partial charge < -0.3 is 0 Å². The van der Waals surface area contributed by atoms with Crippen LogP contribution in [0.5, 0.6) is 0 Å². The molecule has 14 heavy (non-hydrogen) atoms. The molecule has 1 aliphatic heterocycles. The zero-order valence-corrected chi connectivity index (χ0v) is 9.54. The lowest BCUT2D eigenvalue weighted by Crippen LogP contribution is -2.17. The molecule has 1 aromatic rings. The van der Waals surface area contributed by atoms with E-state index in [2.05, 4.69) is 42.5 Å². The van der Waals surface area contributed by atoms with Gasteiger partial charge in [0.25, 0.3) is 0 Å². The summed E-state index contributed by atoms with van der Waals surface area (Å²) in [7, 11) is 0. The van der Waals surface area contributed by atoms with Gasteiger partial charge in [0.1, 0.15) is 5.82 Å². The maximum atomic E-state index is 4.62. The minimum absolute atomic E-state index is 0.0735. The molecule has 1 atom stereocenters. The average molecular weight is 193 g/mol. The van der Waals surface area contributed by atoms with Crippen molar-refractivity contribution in [3.8, 4) is 0 Å². The van der Waals surface area contributed by atoms with Crippen molar-refractivity contribution in [1.29, 1.82) is 0 Å². The summed E-state index contributed by atoms with van der Waals surface area (Å²) in [5, 5.41) is 4.61. The Bertz CT molecular complexity index is 333. The van der Waals surface area contributed by atoms with E-state index < -0.39 is 0 Å². The Hall–Kier alpha value is -0.860. The van der Waals surface area contributed by atoms with Crippen molar-refractivity contribution >= 4 is 0 Å². The molecule has 0 amide bonds. The van der Waals surface area contributed by atoms with Crippen LogP contribution in [0.4, 0.5) is 0 Å². The first-order valence-corrected chi connectivity index (χ1v) is 5.44. The van der Waals surface area contributed by atoms with Crippen molar-refractivity contribution in [3.63, 3.8) is 0 Å². The zero-order chi connectivity index (χ0) is 10.3. The minimum atomic E-state index is 0.0735. The Kier molecular flexibility index (Phi) is 2.13. The monoisotopic (exact) mass is 193 g/mol. The summed E-state index contributed by atoms with van der Waals surface area (Å²) in [5.74, 6) is 2.16. The van der Waals surface area contributed by atoms with E-state index in [1.54, 1.807) is 0 Å². The van der Waals surface area contributed by atoms with Gasteiger partial charge in [0.15, 0.2) is 5.82 Å². The van der Waals surface area contributed by atoms with Gasteiger partial charge in [-0.05, 0) is 19.8 Å². The third kappa shape index (κ3) is 1.56. The second-order valence-electron chi connectivity index (χ2n) is 5.29. The zero-order valence-electron chi connectivity index (χ0n) is 9.54. The van der Waals surface area contributed by atoms with E-state index in [0.29, 0.717) is 6.04 Å². The van der Waals surface area contributed by atoms with Crippen LogP contribution in [0, 0.1) is 0 Å². The number of nitrogens with zero attached hydrogens (tertiary/aromatic N) is 3. The quantitative estimate of drug-likeness (QED) is 0.633. The fourth-order valence-corrected chi connectivity index (χ4v) is 1.87. The molecule has 1 aromatic heterocycles. The van der Waals surface area contributed by atoms with E-state index in [4.69, 9.17) is 0 Å². The maximum absolute atomic E-state index is 4.62. The molecule has 0 spiro atoms. The van der Waals surface area contributed by atoms with Gasteiger partial charge in [0, 0.05) is 11.8 Å². The van der Waals surface area contributed by atoms with Crippen molar-refractivity contribution in [1.82, 2.24) is 14.8 Å². The van der Waals surface area contributed by atoms with Crippen LogP contribution in [0.3, 0.4) is 0 Å². The number of fused-ring (bicyclic) bond motifs is 1. The molecule has 0 fully saturated rings. The van der Waals surface area contributed by atoms with Gasteiger partial charge >= 0.3 is 0 Å². The Morgan fingerprint density at radius 2 is 2.07 bits per heavy atom. The van der Waals surface area contributed by atoms with Crippen LogP contribution in [-0.4, -0.2) is 14.8 Å². The number of hydrogen-bond donors (Lipinski definition) is 0. The molecule has 1 aliphatic rings. The Balaban J connectivity index is 2.40. The second kappa shape index (κ2) is 3.07. The average Bonchev–Trinajstić information content (AvgIpc) is 2.48. The molecule has 78 valence electrons. The van der Waals surface area contributed by atoms with E-state index in [0.717, 1.165) is 12.2 Å². The summed E-state index contributed by atoms with van der Waals surface area (Å²) in [5.41, 5.74) is 0.0735. The lowest BCUT2D eigenvalue weighted by Gasteiger charge is -2.19. The topological polar surface area (TPSA) is 30.7 Å². The molecule has 0 radical (unpaired) electrons. The highest BCUT2D eigenvalue weighted by molar-refractivity contribution is 5.05. The van der Waals surface area contributed by atoms with Crippen LogP contribution in [0.1, 0.15) is 58.2 Å². The molecule has 0 N–H and O–H groups in total. The van der Waals surface area contributed by atoms with Crippen LogP contribution < -0.4 is 0 Å². The van der Waals surface area contributed by atoms with Gasteiger partial charge in [-0.1, -0.05) is 20.8 Å². The Labute approximate surface area is 85.5 Å². The van der Waals surface area contributed by atoms with Crippen LogP contribution in [0.2, 0.25) is 0 Å². The number of hydrogen-bond acceptors (Lipinski definition) is 2. The van der Waals surface area contributed by atoms with Gasteiger partial charge in [-0.15, -0.1) is 0 Å². The molecule has 0 aliphatic carbocycles. The highest BCUT2D eigenvalue weighted by Crippen LogP contribution is 2.26. The molecule has 0 bridgehead atoms. The van der Waals surface area contributed by atoms with E-state index in [-0.39, 0.29) is 5.41 Å². The third-order valence-corrected chi connectivity index (χ3v) is 2.81. The van der Waals surface area contributed by atoms with Crippen molar-refractivity contribution in [2.24, 2.45) is 0 Å². The van der Waals surface area contributed by atoms with Crippen molar-refractivity contribution in [3.05, 3.63) is 11.6 Å². The number of rotatable bonds is 0. The molecule has 0 saturated heterocycles. The fraction of sp³-hybridized carbons (Fsp3) is 0.818. The predicted molar refractivity (Wildman–Crippen MR) is 56.4 cm³/mol. The summed E-state index contributed by atoms with van der Waals surface area (Å²) in [6.07, 6.45) is 3.58. The largest absolute Gasteiger partial charge is 0.247 e. The summed E-state index contributed by atoms with van der Waals surface area (Å²) < 4.78 is 2.12. The first-order valence-electron chi connectivity index (χ1n) is 5.44. The van der Waals surface area contributed by atoms with Gasteiger partial charge in [-0.3, -0.25) is 0 Å². The van der Waals surface area contributed by atoms with Crippen molar-refractivity contribution in [2.45, 2.75) is 58.4 Å². The molecule has 3 nitrogen and oxygen atoms in total. The SMILES string of the molecule is CC1CCCc2nc(C(C)(C)C)nn21. The van der Waals surface area contributed by atoms with Crippen LogP contribution >= 0.6 is 0 Å². The highest BCUT2D eigenvalue weighted by Gasteiger charge is 2.25. The third-order valence-electron chi connectivity index (χ3n) is 2.81. The van der Waals surface area contributed by atoms with Gasteiger partial charge in [0.2, 0.25) is 0 Å². The Morgan fingerprint density at radius 1 is 1.36 bits per heavy atom. The van der Waals surface area contributed by atoms with Crippen molar-refractivity contribution < 1.29 is 0 Å².